The Morgan fingerprint density at radius 3 is 2.33 bits per heavy atom. The first kappa shape index (κ1) is 31.1. The number of ether oxygens (including phenoxy) is 2. The predicted molar refractivity (Wildman–Crippen MR) is 155 cm³/mol. The number of nitrogens with zero attached hydrogens (tertiary/aromatic N) is 2. The topological polar surface area (TPSA) is 118 Å². The Labute approximate surface area is 251 Å². The smallest absolute Gasteiger partial charge is 0.338 e. The monoisotopic (exact) mass is 605 g/mol. The zero-order valence-corrected chi connectivity index (χ0v) is 24.4. The molecule has 0 aliphatic rings. The fraction of sp³-hybridized carbons (Fsp3) is 0.219. The van der Waals surface area contributed by atoms with Crippen LogP contribution in [-0.4, -0.2) is 41.6 Å². The summed E-state index contributed by atoms with van der Waals surface area (Å²) in [5.41, 5.74) is 0.527. The average molecular weight is 606 g/mol. The van der Waals surface area contributed by atoms with Crippen LogP contribution in [0.2, 0.25) is 5.02 Å². The predicted octanol–water partition coefficient (Wildman–Crippen LogP) is 6.17. The third-order valence-corrected chi connectivity index (χ3v) is 6.68. The molecule has 11 heteroatoms. The Balaban J connectivity index is 1.66. The minimum Gasteiger partial charge on any atom is -0.467 e. The molecule has 4 aromatic rings. The van der Waals surface area contributed by atoms with Crippen molar-refractivity contribution in [1.29, 1.82) is 5.26 Å². The molecule has 0 spiro atoms. The van der Waals surface area contributed by atoms with Crippen molar-refractivity contribution in [2.45, 2.75) is 38.8 Å². The highest BCUT2D eigenvalue weighted by atomic mass is 35.5. The number of benzene rings is 3. The number of hydrogen-bond acceptors (Lipinski definition) is 7. The van der Waals surface area contributed by atoms with E-state index >= 15 is 0 Å². The van der Waals surface area contributed by atoms with Crippen LogP contribution in [0.3, 0.4) is 0 Å². The van der Waals surface area contributed by atoms with E-state index in [1.165, 1.54) is 0 Å². The number of esters is 2. The number of aromatic nitrogens is 1. The van der Waals surface area contributed by atoms with E-state index in [9.17, 15) is 23.2 Å². The summed E-state index contributed by atoms with van der Waals surface area (Å²) in [5, 5.41) is 12.5. The summed E-state index contributed by atoms with van der Waals surface area (Å²) in [6.45, 7) is 4.80. The molecule has 1 atom stereocenters. The van der Waals surface area contributed by atoms with Crippen molar-refractivity contribution < 1.29 is 32.6 Å². The maximum Gasteiger partial charge on any atom is 0.338 e. The molecule has 8 nitrogen and oxygen atoms in total. The minimum atomic E-state index is -1.34. The van der Waals surface area contributed by atoms with E-state index in [0.29, 0.717) is 50.3 Å². The second kappa shape index (κ2) is 12.5. The van der Waals surface area contributed by atoms with Crippen LogP contribution in [0.5, 0.6) is 0 Å². The summed E-state index contributed by atoms with van der Waals surface area (Å²) >= 11 is 6.45. The maximum atomic E-state index is 14.9. The summed E-state index contributed by atoms with van der Waals surface area (Å²) in [4.78, 5) is 42.5. The lowest BCUT2D eigenvalue weighted by molar-refractivity contribution is -0.142. The van der Waals surface area contributed by atoms with Gasteiger partial charge in [-0.3, -0.25) is 9.78 Å². The minimum absolute atomic E-state index is 0.110. The number of amides is 1. The van der Waals surface area contributed by atoms with Gasteiger partial charge < -0.3 is 14.8 Å². The van der Waals surface area contributed by atoms with Crippen LogP contribution in [0.15, 0.2) is 60.8 Å². The van der Waals surface area contributed by atoms with Crippen LogP contribution in [0.25, 0.3) is 22.0 Å². The van der Waals surface area contributed by atoms with Crippen LogP contribution in [-0.2, 0) is 20.7 Å². The number of nitrogens with one attached hydrogen (secondary N) is 1. The summed E-state index contributed by atoms with van der Waals surface area (Å²) in [6, 6.07) is 13.9. The highest BCUT2D eigenvalue weighted by molar-refractivity contribution is 6.33. The van der Waals surface area contributed by atoms with Gasteiger partial charge in [-0.25, -0.2) is 18.4 Å². The van der Waals surface area contributed by atoms with Gasteiger partial charge >= 0.3 is 11.9 Å². The number of pyridine rings is 1. The van der Waals surface area contributed by atoms with Crippen molar-refractivity contribution in [2.24, 2.45) is 0 Å². The second-order valence-corrected chi connectivity index (χ2v) is 11.0. The van der Waals surface area contributed by atoms with Crippen molar-refractivity contribution >= 4 is 40.3 Å². The van der Waals surface area contributed by atoms with Gasteiger partial charge in [0.25, 0.3) is 5.91 Å². The third kappa shape index (κ3) is 6.96. The lowest BCUT2D eigenvalue weighted by Gasteiger charge is -2.20. The van der Waals surface area contributed by atoms with Gasteiger partial charge in [-0.2, -0.15) is 5.26 Å². The first-order valence-electron chi connectivity index (χ1n) is 13.0. The molecule has 43 heavy (non-hydrogen) atoms. The Kier molecular flexibility index (Phi) is 9.07. The number of carbonyl (C=O) groups excluding carboxylic acids is 3. The molecule has 0 aliphatic carbocycles. The molecule has 1 N–H and O–H groups in total. The van der Waals surface area contributed by atoms with Gasteiger partial charge in [-0.05, 0) is 56.7 Å². The molecule has 4 rings (SSSR count). The summed E-state index contributed by atoms with van der Waals surface area (Å²) in [7, 11) is 1.12. The maximum absolute atomic E-state index is 14.9. The SMILES string of the molecule is COC(=O)[C@H](Cc1ccc(-c2ccc(C#N)cc2Cl)c2ncccc12)NC(=O)c1c(F)cc(C(=O)OC(C)(C)C)cc1F. The number of halogens is 3. The zero-order chi connectivity index (χ0) is 31.5. The number of methoxy groups -OCH3 is 1. The first-order valence-corrected chi connectivity index (χ1v) is 13.4. The molecule has 0 radical (unpaired) electrons. The van der Waals surface area contributed by atoms with Crippen molar-refractivity contribution in [1.82, 2.24) is 10.3 Å². The van der Waals surface area contributed by atoms with Crippen LogP contribution in [0.1, 0.15) is 52.6 Å². The van der Waals surface area contributed by atoms with Gasteiger partial charge in [0.05, 0.1) is 29.8 Å². The third-order valence-electron chi connectivity index (χ3n) is 6.37. The zero-order valence-electron chi connectivity index (χ0n) is 23.6. The fourth-order valence-corrected chi connectivity index (χ4v) is 4.74. The Bertz CT molecular complexity index is 1770. The molecule has 0 bridgehead atoms. The van der Waals surface area contributed by atoms with Crippen LogP contribution >= 0.6 is 11.6 Å². The van der Waals surface area contributed by atoms with E-state index < -0.39 is 52.3 Å². The standard InChI is InChI=1S/C32H26ClF2N3O5/c1-32(2,3)43-30(40)19-13-24(34)27(25(35)14-19)29(39)38-26(31(41)42-4)15-18-8-10-22(28-20(18)6-5-11-37-28)21-9-7-17(16-36)12-23(21)33/h5-14,26H,15H2,1-4H3,(H,38,39)/t26-/m0/s1. The van der Waals surface area contributed by atoms with Crippen LogP contribution in [0, 0.1) is 23.0 Å². The molecule has 1 aromatic heterocycles. The molecule has 0 saturated heterocycles. The molecular formula is C32H26ClF2N3O5. The van der Waals surface area contributed by atoms with Gasteiger partial charge in [-0.1, -0.05) is 35.9 Å². The quantitative estimate of drug-likeness (QED) is 0.250. The summed E-state index contributed by atoms with van der Waals surface area (Å²) < 4.78 is 39.9. The molecule has 0 fully saturated rings. The highest BCUT2D eigenvalue weighted by Crippen LogP contribution is 2.35. The van der Waals surface area contributed by atoms with Crippen molar-refractivity contribution in [2.75, 3.05) is 7.11 Å². The van der Waals surface area contributed by atoms with Crippen molar-refractivity contribution in [3.63, 3.8) is 0 Å². The van der Waals surface area contributed by atoms with Gasteiger partial charge in [0.1, 0.15) is 28.8 Å². The molecule has 0 saturated carbocycles. The molecular weight excluding hydrogens is 580 g/mol. The lowest BCUT2D eigenvalue weighted by atomic mass is 9.94. The molecule has 0 aliphatic heterocycles. The normalized spacial score (nSPS) is 11.9. The second-order valence-electron chi connectivity index (χ2n) is 10.5. The van der Waals surface area contributed by atoms with E-state index in [1.54, 1.807) is 69.4 Å². The summed E-state index contributed by atoms with van der Waals surface area (Å²) in [6.07, 6.45) is 1.47. The largest absolute Gasteiger partial charge is 0.467 e. The van der Waals surface area contributed by atoms with Gasteiger partial charge in [-0.15, -0.1) is 0 Å². The Hall–Kier alpha value is -4.88. The summed E-state index contributed by atoms with van der Waals surface area (Å²) in [5.74, 6) is -5.64. The number of nitriles is 1. The van der Waals surface area contributed by atoms with E-state index in [1.807, 2.05) is 6.07 Å². The van der Waals surface area contributed by atoms with Crippen LogP contribution in [0.4, 0.5) is 8.78 Å². The lowest BCUT2D eigenvalue weighted by Crippen LogP contribution is -2.43. The van der Waals surface area contributed by atoms with Gasteiger partial charge in [0.2, 0.25) is 0 Å². The molecule has 3 aromatic carbocycles. The van der Waals surface area contributed by atoms with Crippen molar-refractivity contribution in [3.8, 4) is 17.2 Å². The van der Waals surface area contributed by atoms with Gasteiger partial charge in [0, 0.05) is 34.2 Å². The molecule has 0 unspecified atom stereocenters. The fourth-order valence-electron chi connectivity index (χ4n) is 4.46. The molecule has 1 heterocycles. The number of fused-ring (bicyclic) bond motifs is 1. The van der Waals surface area contributed by atoms with E-state index in [0.717, 1.165) is 7.11 Å². The van der Waals surface area contributed by atoms with Crippen LogP contribution < -0.4 is 5.32 Å². The van der Waals surface area contributed by atoms with E-state index in [-0.39, 0.29) is 6.42 Å². The average Bonchev–Trinajstić information content (AvgIpc) is 2.95. The van der Waals surface area contributed by atoms with E-state index in [4.69, 9.17) is 26.3 Å². The molecule has 1 amide bonds. The Morgan fingerprint density at radius 1 is 1.05 bits per heavy atom. The number of carbonyl (C=O) groups is 3. The van der Waals surface area contributed by atoms with E-state index in [2.05, 4.69) is 10.3 Å². The van der Waals surface area contributed by atoms with Crippen molar-refractivity contribution in [3.05, 3.63) is 99.7 Å². The first-order chi connectivity index (χ1) is 20.3. The number of hydrogen-bond donors (Lipinski definition) is 1. The molecule has 220 valence electrons. The Morgan fingerprint density at radius 2 is 1.72 bits per heavy atom. The highest BCUT2D eigenvalue weighted by Gasteiger charge is 2.29. The number of rotatable bonds is 7. The van der Waals surface area contributed by atoms with Gasteiger partial charge in [0.15, 0.2) is 0 Å².